The molecule has 8 heteroatoms. The second-order valence-electron chi connectivity index (χ2n) is 7.40. The zero-order valence-electron chi connectivity index (χ0n) is 16.7. The molecule has 0 radical (unpaired) electrons. The molecule has 3 heterocycles. The van der Waals surface area contributed by atoms with Gasteiger partial charge in [0.2, 0.25) is 10.8 Å². The quantitative estimate of drug-likeness (QED) is 0.682. The number of benzene rings is 1. The summed E-state index contributed by atoms with van der Waals surface area (Å²) >= 11 is 1.50. The molecule has 4 atom stereocenters. The van der Waals surface area contributed by atoms with Crippen molar-refractivity contribution >= 4 is 16.3 Å². The first-order valence-corrected chi connectivity index (χ1v) is 10.6. The highest BCUT2D eigenvalue weighted by Crippen LogP contribution is 2.35. The molecule has 0 bridgehead atoms. The van der Waals surface area contributed by atoms with Gasteiger partial charge in [0.25, 0.3) is 0 Å². The fourth-order valence-corrected chi connectivity index (χ4v) is 5.27. The molecule has 0 amide bonds. The van der Waals surface area contributed by atoms with Crippen molar-refractivity contribution in [2.24, 2.45) is 0 Å². The van der Waals surface area contributed by atoms with Crippen LogP contribution in [0.3, 0.4) is 0 Å². The van der Waals surface area contributed by atoms with Gasteiger partial charge in [0.05, 0.1) is 6.61 Å². The van der Waals surface area contributed by atoms with Crippen LogP contribution >= 0.6 is 11.3 Å². The lowest BCUT2D eigenvalue weighted by molar-refractivity contribution is -0.939. The maximum absolute atomic E-state index is 10.9. The van der Waals surface area contributed by atoms with Gasteiger partial charge in [-0.2, -0.15) is 4.52 Å². The molecule has 0 saturated carbocycles. The highest BCUT2D eigenvalue weighted by atomic mass is 32.1. The fourth-order valence-electron chi connectivity index (χ4n) is 4.08. The van der Waals surface area contributed by atoms with Crippen LogP contribution in [0.25, 0.3) is 4.96 Å². The zero-order chi connectivity index (χ0) is 19.8. The molecule has 1 aliphatic rings. The van der Waals surface area contributed by atoms with Gasteiger partial charge < -0.3 is 19.5 Å². The lowest BCUT2D eigenvalue weighted by Gasteiger charge is -2.37. The summed E-state index contributed by atoms with van der Waals surface area (Å²) in [5.41, 5.74) is 1.14. The summed E-state index contributed by atoms with van der Waals surface area (Å²) in [6.45, 7) is 10.4. The van der Waals surface area contributed by atoms with Gasteiger partial charge >= 0.3 is 0 Å². The van der Waals surface area contributed by atoms with Crippen LogP contribution in [0.2, 0.25) is 0 Å². The molecular formula is C20H27N4O3S+. The SMILES string of the molecule is CCOc1ccc([C@@H](c2sc3nc(C)nn3c2O)[NH+]2C[C@@H](C)O[C@@H](C)C2)cc1. The van der Waals surface area contributed by atoms with E-state index in [9.17, 15) is 5.11 Å². The van der Waals surface area contributed by atoms with E-state index in [2.05, 4.69) is 36.1 Å². The third kappa shape index (κ3) is 3.59. The van der Waals surface area contributed by atoms with Crippen LogP contribution in [0.1, 0.15) is 43.1 Å². The lowest BCUT2D eigenvalue weighted by Crippen LogP contribution is -3.15. The molecule has 1 unspecified atom stereocenters. The number of thiazole rings is 1. The van der Waals surface area contributed by atoms with Gasteiger partial charge in [0.1, 0.15) is 41.7 Å². The molecule has 0 aliphatic carbocycles. The Morgan fingerprint density at radius 2 is 1.96 bits per heavy atom. The predicted molar refractivity (Wildman–Crippen MR) is 107 cm³/mol. The van der Waals surface area contributed by atoms with Crippen LogP contribution in [0.5, 0.6) is 11.6 Å². The van der Waals surface area contributed by atoms with Crippen molar-refractivity contribution in [2.75, 3.05) is 19.7 Å². The Kier molecular flexibility index (Phi) is 5.27. The van der Waals surface area contributed by atoms with Crippen LogP contribution in [-0.4, -0.2) is 51.6 Å². The van der Waals surface area contributed by atoms with E-state index in [1.54, 1.807) is 4.52 Å². The monoisotopic (exact) mass is 403 g/mol. The Labute approximate surface area is 168 Å². The normalized spacial score (nSPS) is 23.8. The number of aryl methyl sites for hydroxylation is 1. The van der Waals surface area contributed by atoms with Gasteiger partial charge in [0.15, 0.2) is 6.04 Å². The standard InChI is InChI=1S/C20H26N4O3S/c1-5-26-16-8-6-15(7-9-16)17(23-10-12(2)27-13(3)11-23)18-19(25)24-20(28-18)21-14(4)22-24/h6-9,12-13,17,25H,5,10-11H2,1-4H3/p+1/t12-,13+,17-/m0/s1. The number of hydrogen-bond acceptors (Lipinski definition) is 6. The van der Waals surface area contributed by atoms with Crippen LogP contribution in [0, 0.1) is 6.92 Å². The summed E-state index contributed by atoms with van der Waals surface area (Å²) in [7, 11) is 0. The van der Waals surface area contributed by atoms with Crippen molar-refractivity contribution in [1.29, 1.82) is 0 Å². The number of fused-ring (bicyclic) bond motifs is 1. The molecule has 7 nitrogen and oxygen atoms in total. The largest absolute Gasteiger partial charge is 0.494 e. The number of aromatic nitrogens is 3. The molecule has 1 saturated heterocycles. The van der Waals surface area contributed by atoms with Crippen LogP contribution in [-0.2, 0) is 4.74 Å². The smallest absolute Gasteiger partial charge is 0.235 e. The van der Waals surface area contributed by atoms with Gasteiger partial charge in [-0.15, -0.1) is 5.10 Å². The predicted octanol–water partition coefficient (Wildman–Crippen LogP) is 1.99. The van der Waals surface area contributed by atoms with E-state index in [1.165, 1.54) is 16.2 Å². The lowest BCUT2D eigenvalue weighted by atomic mass is 10.0. The molecule has 2 N–H and O–H groups in total. The van der Waals surface area contributed by atoms with Gasteiger partial charge in [-0.25, -0.2) is 4.98 Å². The molecule has 1 fully saturated rings. The third-order valence-corrected chi connectivity index (χ3v) is 6.15. The highest BCUT2D eigenvalue weighted by molar-refractivity contribution is 7.17. The summed E-state index contributed by atoms with van der Waals surface area (Å²) in [4.78, 5) is 7.41. The molecule has 0 spiro atoms. The summed E-state index contributed by atoms with van der Waals surface area (Å²) in [5.74, 6) is 1.69. The number of ether oxygens (including phenoxy) is 2. The van der Waals surface area contributed by atoms with E-state index in [0.717, 1.165) is 34.2 Å². The molecule has 3 aromatic rings. The van der Waals surface area contributed by atoms with Crippen molar-refractivity contribution in [2.45, 2.75) is 45.9 Å². The van der Waals surface area contributed by atoms with Crippen LogP contribution < -0.4 is 9.64 Å². The average Bonchev–Trinajstić information content (AvgIpc) is 3.14. The van der Waals surface area contributed by atoms with E-state index in [4.69, 9.17) is 9.47 Å². The fraction of sp³-hybridized carbons (Fsp3) is 0.500. The second kappa shape index (κ2) is 7.69. The van der Waals surface area contributed by atoms with Crippen molar-refractivity contribution in [3.8, 4) is 11.6 Å². The molecular weight excluding hydrogens is 376 g/mol. The van der Waals surface area contributed by atoms with E-state index >= 15 is 0 Å². The summed E-state index contributed by atoms with van der Waals surface area (Å²) in [6.07, 6.45) is 0.325. The molecule has 1 aliphatic heterocycles. The topological polar surface area (TPSA) is 73.3 Å². The minimum absolute atomic E-state index is 0.0155. The number of rotatable bonds is 5. The Hall–Kier alpha value is -2.16. The Morgan fingerprint density at radius 1 is 1.29 bits per heavy atom. The van der Waals surface area contributed by atoms with E-state index in [1.807, 2.05) is 26.0 Å². The summed E-state index contributed by atoms with van der Waals surface area (Å²) in [6, 6.07) is 8.16. The third-order valence-electron chi connectivity index (χ3n) is 5.06. The zero-order valence-corrected chi connectivity index (χ0v) is 17.5. The van der Waals surface area contributed by atoms with Gasteiger partial charge in [-0.1, -0.05) is 11.3 Å². The van der Waals surface area contributed by atoms with E-state index < -0.39 is 0 Å². The Bertz CT molecular complexity index is 942. The molecule has 1 aromatic carbocycles. The Balaban J connectivity index is 1.78. The van der Waals surface area contributed by atoms with Gasteiger partial charge in [-0.05, 0) is 52.0 Å². The van der Waals surface area contributed by atoms with Crippen LogP contribution in [0.4, 0.5) is 0 Å². The number of morpholine rings is 1. The average molecular weight is 404 g/mol. The number of nitrogens with one attached hydrogen (secondary N) is 1. The molecule has 2 aromatic heterocycles. The minimum Gasteiger partial charge on any atom is -0.494 e. The maximum atomic E-state index is 10.9. The number of nitrogens with zero attached hydrogens (tertiary/aromatic N) is 3. The maximum Gasteiger partial charge on any atom is 0.235 e. The minimum atomic E-state index is -0.0155. The summed E-state index contributed by atoms with van der Waals surface area (Å²) in [5, 5.41) is 15.3. The Morgan fingerprint density at radius 3 is 2.57 bits per heavy atom. The number of quaternary nitrogens is 1. The first-order valence-electron chi connectivity index (χ1n) is 9.74. The van der Waals surface area contributed by atoms with Crippen molar-refractivity contribution in [3.05, 3.63) is 40.5 Å². The van der Waals surface area contributed by atoms with Crippen molar-refractivity contribution in [1.82, 2.24) is 14.6 Å². The second-order valence-corrected chi connectivity index (χ2v) is 8.41. The molecule has 28 heavy (non-hydrogen) atoms. The first kappa shape index (κ1) is 19.2. The highest BCUT2D eigenvalue weighted by Gasteiger charge is 2.37. The van der Waals surface area contributed by atoms with E-state index in [0.29, 0.717) is 12.4 Å². The molecule has 150 valence electrons. The van der Waals surface area contributed by atoms with Gasteiger partial charge in [0, 0.05) is 5.56 Å². The van der Waals surface area contributed by atoms with Crippen molar-refractivity contribution in [3.63, 3.8) is 0 Å². The number of aromatic hydroxyl groups is 1. The van der Waals surface area contributed by atoms with E-state index in [-0.39, 0.29) is 24.1 Å². The van der Waals surface area contributed by atoms with Crippen LogP contribution in [0.15, 0.2) is 24.3 Å². The molecule has 4 rings (SSSR count). The number of hydrogen-bond donors (Lipinski definition) is 2. The summed E-state index contributed by atoms with van der Waals surface area (Å²) < 4.78 is 13.1. The van der Waals surface area contributed by atoms with Crippen molar-refractivity contribution < 1.29 is 19.5 Å². The van der Waals surface area contributed by atoms with Gasteiger partial charge in [-0.3, -0.25) is 0 Å². The first-order chi connectivity index (χ1) is 13.5.